The van der Waals surface area contributed by atoms with E-state index < -0.39 is 11.9 Å². The first-order chi connectivity index (χ1) is 16.2. The number of rotatable bonds is 5. The molecule has 2 amide bonds. The van der Waals surface area contributed by atoms with Crippen LogP contribution in [0.4, 0.5) is 23.7 Å². The highest BCUT2D eigenvalue weighted by atomic mass is 19.4. The van der Waals surface area contributed by atoms with E-state index in [1.54, 1.807) is 25.1 Å². The van der Waals surface area contributed by atoms with Gasteiger partial charge in [0, 0.05) is 44.9 Å². The van der Waals surface area contributed by atoms with E-state index in [2.05, 4.69) is 15.2 Å². The van der Waals surface area contributed by atoms with Crippen LogP contribution in [-0.2, 0) is 12.7 Å². The van der Waals surface area contributed by atoms with E-state index in [-0.39, 0.29) is 18.3 Å². The fraction of sp³-hybridized carbons (Fsp3) is 0.391. The molecule has 0 saturated carbocycles. The maximum atomic E-state index is 12.7. The molecule has 0 bridgehead atoms. The second kappa shape index (κ2) is 9.70. The van der Waals surface area contributed by atoms with Crippen LogP contribution in [0.15, 0.2) is 45.4 Å². The van der Waals surface area contributed by atoms with Crippen molar-refractivity contribution in [3.63, 3.8) is 0 Å². The lowest BCUT2D eigenvalue weighted by Crippen LogP contribution is -2.41. The van der Waals surface area contributed by atoms with Crippen LogP contribution < -0.4 is 15.0 Å². The number of nitrogens with one attached hydrogen (secondary N) is 1. The lowest BCUT2D eigenvalue weighted by atomic mass is 10.1. The minimum absolute atomic E-state index is 0.0475. The van der Waals surface area contributed by atoms with Gasteiger partial charge in [0.15, 0.2) is 11.7 Å². The summed E-state index contributed by atoms with van der Waals surface area (Å²) < 4.78 is 53.9. The predicted molar refractivity (Wildman–Crippen MR) is 118 cm³/mol. The third-order valence-electron chi connectivity index (χ3n) is 5.57. The molecule has 0 atom stereocenters. The molecular formula is C23H25F3N4O4. The number of halogens is 3. The summed E-state index contributed by atoms with van der Waals surface area (Å²) in [6.07, 6.45) is -2.16. The number of carbonyl (C=O) groups excluding carboxylic acids is 1. The number of benzene rings is 1. The summed E-state index contributed by atoms with van der Waals surface area (Å²) in [5.41, 5.74) is 1.75. The lowest BCUT2D eigenvalue weighted by Gasteiger charge is -2.24. The second-order valence-electron chi connectivity index (χ2n) is 7.88. The molecular weight excluding hydrogens is 453 g/mol. The molecule has 8 nitrogen and oxygen atoms in total. The number of aromatic nitrogens is 1. The van der Waals surface area contributed by atoms with Gasteiger partial charge in [-0.1, -0.05) is 0 Å². The number of anilines is 1. The van der Waals surface area contributed by atoms with Gasteiger partial charge in [0.1, 0.15) is 11.5 Å². The van der Waals surface area contributed by atoms with Gasteiger partial charge in [-0.15, -0.1) is 0 Å². The molecule has 1 N–H and O–H groups in total. The van der Waals surface area contributed by atoms with Crippen molar-refractivity contribution in [2.24, 2.45) is 0 Å². The number of furan rings is 1. The van der Waals surface area contributed by atoms with Gasteiger partial charge in [-0.25, -0.2) is 9.78 Å². The van der Waals surface area contributed by atoms with Crippen molar-refractivity contribution >= 4 is 11.7 Å². The topological polar surface area (TPSA) is 84.0 Å². The molecule has 3 heterocycles. The molecule has 1 aliphatic heterocycles. The van der Waals surface area contributed by atoms with E-state index in [4.69, 9.17) is 13.6 Å². The highest BCUT2D eigenvalue weighted by molar-refractivity contribution is 5.74. The summed E-state index contributed by atoms with van der Waals surface area (Å²) in [7, 11) is 1.59. The number of ether oxygens (including phenoxy) is 1. The molecule has 11 heteroatoms. The van der Waals surface area contributed by atoms with E-state index in [1.807, 2.05) is 18.2 Å². The highest BCUT2D eigenvalue weighted by Crippen LogP contribution is 2.34. The number of methoxy groups -OCH3 is 1. The Morgan fingerprint density at radius 1 is 1.15 bits per heavy atom. The molecule has 34 heavy (non-hydrogen) atoms. The van der Waals surface area contributed by atoms with E-state index in [1.165, 1.54) is 6.07 Å². The monoisotopic (exact) mass is 478 g/mol. The molecule has 0 aliphatic carbocycles. The van der Waals surface area contributed by atoms with Crippen molar-refractivity contribution in [2.45, 2.75) is 26.1 Å². The molecule has 1 saturated heterocycles. The lowest BCUT2D eigenvalue weighted by molar-refractivity contribution is -0.153. The van der Waals surface area contributed by atoms with Crippen LogP contribution in [0.2, 0.25) is 0 Å². The first kappa shape index (κ1) is 23.5. The Hall–Kier alpha value is -3.63. The normalized spacial score (nSPS) is 14.7. The van der Waals surface area contributed by atoms with E-state index >= 15 is 0 Å². The van der Waals surface area contributed by atoms with Gasteiger partial charge in [0.05, 0.1) is 25.4 Å². The van der Waals surface area contributed by atoms with Crippen molar-refractivity contribution in [3.8, 4) is 17.1 Å². The number of hydrogen-bond donors (Lipinski definition) is 1. The molecule has 2 aromatic heterocycles. The molecule has 3 aromatic rings. The minimum Gasteiger partial charge on any atom is -0.496 e. The SMILES string of the molecule is COc1cc(N2CCCN(C(=O)NCc3ccc(C(F)(F)F)o3)CC2)ccc1-c1cnc(C)o1. The molecule has 0 spiro atoms. The van der Waals surface area contributed by atoms with Crippen LogP contribution in [0.3, 0.4) is 0 Å². The van der Waals surface area contributed by atoms with Crippen LogP contribution in [0.5, 0.6) is 5.75 Å². The number of alkyl halides is 3. The molecule has 0 radical (unpaired) electrons. The van der Waals surface area contributed by atoms with Crippen LogP contribution in [-0.4, -0.2) is 49.2 Å². The summed E-state index contributed by atoms with van der Waals surface area (Å²) >= 11 is 0. The number of oxazole rings is 1. The van der Waals surface area contributed by atoms with Gasteiger partial charge < -0.3 is 28.7 Å². The van der Waals surface area contributed by atoms with E-state index in [0.29, 0.717) is 37.0 Å². The Bertz CT molecular complexity index is 1140. The fourth-order valence-corrected chi connectivity index (χ4v) is 3.84. The third-order valence-corrected chi connectivity index (χ3v) is 5.57. The van der Waals surface area contributed by atoms with Gasteiger partial charge >= 0.3 is 12.2 Å². The summed E-state index contributed by atoms with van der Waals surface area (Å²) in [5, 5.41) is 2.63. The van der Waals surface area contributed by atoms with E-state index in [9.17, 15) is 18.0 Å². The first-order valence-corrected chi connectivity index (χ1v) is 10.8. The number of carbonyl (C=O) groups is 1. The summed E-state index contributed by atoms with van der Waals surface area (Å²) in [5.74, 6) is 0.816. The van der Waals surface area contributed by atoms with Crippen molar-refractivity contribution in [3.05, 3.63) is 53.9 Å². The van der Waals surface area contributed by atoms with Crippen molar-refractivity contribution in [2.75, 3.05) is 38.2 Å². The molecule has 1 aromatic carbocycles. The number of nitrogens with zero attached hydrogens (tertiary/aromatic N) is 3. The summed E-state index contributed by atoms with van der Waals surface area (Å²) in [6.45, 7) is 3.98. The highest BCUT2D eigenvalue weighted by Gasteiger charge is 2.34. The van der Waals surface area contributed by atoms with Crippen molar-refractivity contribution in [1.29, 1.82) is 0 Å². The maximum Gasteiger partial charge on any atom is 0.449 e. The zero-order valence-corrected chi connectivity index (χ0v) is 18.8. The van der Waals surface area contributed by atoms with Crippen molar-refractivity contribution in [1.82, 2.24) is 15.2 Å². The van der Waals surface area contributed by atoms with Gasteiger partial charge in [-0.3, -0.25) is 0 Å². The zero-order chi connectivity index (χ0) is 24.3. The first-order valence-electron chi connectivity index (χ1n) is 10.8. The summed E-state index contributed by atoms with van der Waals surface area (Å²) in [4.78, 5) is 20.5. The van der Waals surface area contributed by atoms with Gasteiger partial charge in [-0.2, -0.15) is 13.2 Å². The Labute approximate surface area is 194 Å². The minimum atomic E-state index is -4.55. The van der Waals surface area contributed by atoms with Gasteiger partial charge in [0.25, 0.3) is 0 Å². The standard InChI is InChI=1S/C23H25F3N4O4/c1-15-27-14-20(33-15)18-6-4-16(12-19(18)32-2)29-8-3-9-30(11-10-29)22(31)28-13-17-5-7-21(34-17)23(24,25)26/h4-7,12,14H,3,8-11,13H2,1-2H3,(H,28,31). The van der Waals surface area contributed by atoms with E-state index in [0.717, 1.165) is 30.3 Å². The maximum absolute atomic E-state index is 12.7. The number of aryl methyl sites for hydroxylation is 1. The zero-order valence-electron chi connectivity index (χ0n) is 18.8. The van der Waals surface area contributed by atoms with Crippen LogP contribution in [0.1, 0.15) is 23.8 Å². The molecule has 4 rings (SSSR count). The molecule has 1 aliphatic rings. The average molecular weight is 478 g/mol. The van der Waals surface area contributed by atoms with Gasteiger partial charge in [-0.05, 0) is 30.7 Å². The molecule has 182 valence electrons. The summed E-state index contributed by atoms with van der Waals surface area (Å²) in [6, 6.07) is 7.54. The van der Waals surface area contributed by atoms with Gasteiger partial charge in [0.2, 0.25) is 5.76 Å². The average Bonchev–Trinajstić information content (AvgIpc) is 3.40. The second-order valence-corrected chi connectivity index (χ2v) is 7.88. The number of urea groups is 1. The van der Waals surface area contributed by atoms with Crippen LogP contribution in [0.25, 0.3) is 11.3 Å². The molecule has 1 fully saturated rings. The Kier molecular flexibility index (Phi) is 6.71. The van der Waals surface area contributed by atoms with Crippen molar-refractivity contribution < 1.29 is 31.5 Å². The Morgan fingerprint density at radius 2 is 1.97 bits per heavy atom. The Balaban J connectivity index is 1.36. The van der Waals surface area contributed by atoms with Crippen LogP contribution in [0, 0.1) is 6.92 Å². The predicted octanol–water partition coefficient (Wildman–Crippen LogP) is 4.69. The fourth-order valence-electron chi connectivity index (χ4n) is 3.84. The quantitative estimate of drug-likeness (QED) is 0.573. The molecule has 0 unspecified atom stereocenters. The number of hydrogen-bond acceptors (Lipinski definition) is 6. The Morgan fingerprint density at radius 3 is 2.65 bits per heavy atom. The van der Waals surface area contributed by atoms with Crippen LogP contribution >= 0.6 is 0 Å². The third kappa shape index (κ3) is 5.29. The smallest absolute Gasteiger partial charge is 0.449 e. The largest absolute Gasteiger partial charge is 0.496 e. The number of amides is 2.